The Labute approximate surface area is 176 Å². The summed E-state index contributed by atoms with van der Waals surface area (Å²) in [5, 5.41) is 12.7. The highest BCUT2D eigenvalue weighted by Gasteiger charge is 2.31. The van der Waals surface area contributed by atoms with Gasteiger partial charge in [0.1, 0.15) is 6.07 Å². The van der Waals surface area contributed by atoms with E-state index < -0.39 is 0 Å². The number of nitrogens with zero attached hydrogens (tertiary/aromatic N) is 3. The van der Waals surface area contributed by atoms with Gasteiger partial charge in [0.25, 0.3) is 5.91 Å². The third-order valence-corrected chi connectivity index (χ3v) is 6.30. The van der Waals surface area contributed by atoms with Crippen LogP contribution in [-0.4, -0.2) is 43.0 Å². The fourth-order valence-corrected chi connectivity index (χ4v) is 4.59. The molecule has 0 spiro atoms. The summed E-state index contributed by atoms with van der Waals surface area (Å²) in [6.07, 6.45) is 1.86. The topological polar surface area (TPSA) is 59.4 Å². The van der Waals surface area contributed by atoms with Gasteiger partial charge in [0.15, 0.2) is 0 Å². The largest absolute Gasteiger partial charge is 0.367 e. The lowest BCUT2D eigenvalue weighted by Crippen LogP contribution is -2.37. The Balaban J connectivity index is 1.43. The molecule has 1 fully saturated rings. The lowest BCUT2D eigenvalue weighted by Gasteiger charge is -2.25. The first kappa shape index (κ1) is 19.8. The summed E-state index contributed by atoms with van der Waals surface area (Å²) < 4.78 is 0. The van der Waals surface area contributed by atoms with Gasteiger partial charge >= 0.3 is 0 Å². The van der Waals surface area contributed by atoms with Crippen LogP contribution in [0.4, 0.5) is 5.69 Å². The minimum absolute atomic E-state index is 0.0105. The van der Waals surface area contributed by atoms with Gasteiger partial charge in [-0.2, -0.15) is 5.26 Å². The number of benzene rings is 2. The molecule has 1 amide bonds. The van der Waals surface area contributed by atoms with Gasteiger partial charge in [-0.15, -0.1) is 0 Å². The van der Waals surface area contributed by atoms with Gasteiger partial charge in [0.2, 0.25) is 0 Å². The second-order valence-electron chi connectivity index (χ2n) is 8.15. The molecule has 5 nitrogen and oxygen atoms in total. The fraction of sp³-hybridized carbons (Fsp3) is 0.391. The molecule has 1 N–H and O–H groups in total. The predicted molar refractivity (Wildman–Crippen MR) is 115 cm³/mol. The van der Waals surface area contributed by atoms with Crippen molar-refractivity contribution in [3.63, 3.8) is 0 Å². The summed E-state index contributed by atoms with van der Waals surface area (Å²) >= 11 is 6.20. The first-order valence-corrected chi connectivity index (χ1v) is 10.4. The van der Waals surface area contributed by atoms with Gasteiger partial charge < -0.3 is 15.1 Å². The quantitative estimate of drug-likeness (QED) is 0.843. The molecule has 6 heteroatoms. The van der Waals surface area contributed by atoms with E-state index in [9.17, 15) is 4.79 Å². The molecule has 4 rings (SSSR count). The van der Waals surface area contributed by atoms with Crippen molar-refractivity contribution in [3.8, 4) is 6.07 Å². The van der Waals surface area contributed by atoms with E-state index >= 15 is 0 Å². The van der Waals surface area contributed by atoms with E-state index in [2.05, 4.69) is 41.2 Å². The number of carbonyl (C=O) groups is 1. The number of hydrogen-bond acceptors (Lipinski definition) is 4. The molecule has 29 heavy (non-hydrogen) atoms. The normalized spacial score (nSPS) is 21.5. The fourth-order valence-electron chi connectivity index (χ4n) is 4.37. The average molecular weight is 409 g/mol. The smallest absolute Gasteiger partial charge is 0.251 e. The van der Waals surface area contributed by atoms with Crippen molar-refractivity contribution >= 4 is 23.2 Å². The number of rotatable bonds is 3. The van der Waals surface area contributed by atoms with Crippen LogP contribution in [-0.2, 0) is 13.0 Å². The highest BCUT2D eigenvalue weighted by Crippen LogP contribution is 2.29. The number of carbonyl (C=O) groups excluding carboxylic acids is 1. The zero-order valence-electron chi connectivity index (χ0n) is 16.8. The minimum Gasteiger partial charge on any atom is -0.367 e. The summed E-state index contributed by atoms with van der Waals surface area (Å²) in [6, 6.07) is 14.0. The van der Waals surface area contributed by atoms with Crippen molar-refractivity contribution in [1.82, 2.24) is 10.2 Å². The zero-order valence-corrected chi connectivity index (χ0v) is 17.5. The van der Waals surface area contributed by atoms with Crippen LogP contribution in [0.15, 0.2) is 36.4 Å². The van der Waals surface area contributed by atoms with Gasteiger partial charge in [0, 0.05) is 43.0 Å². The third-order valence-electron chi connectivity index (χ3n) is 5.99. The van der Waals surface area contributed by atoms with Gasteiger partial charge in [-0.25, -0.2) is 0 Å². The first-order valence-electron chi connectivity index (χ1n) is 10.0. The maximum absolute atomic E-state index is 12.8. The zero-order chi connectivity index (χ0) is 20.5. The van der Waals surface area contributed by atoms with Crippen molar-refractivity contribution in [2.45, 2.75) is 38.4 Å². The van der Waals surface area contributed by atoms with E-state index in [4.69, 9.17) is 16.9 Å². The molecule has 0 aliphatic carbocycles. The van der Waals surface area contributed by atoms with Crippen LogP contribution in [0, 0.1) is 11.3 Å². The minimum atomic E-state index is -0.0105. The Morgan fingerprint density at radius 1 is 1.24 bits per heavy atom. The molecular weight excluding hydrogens is 384 g/mol. The maximum atomic E-state index is 12.8. The third kappa shape index (κ3) is 4.10. The molecule has 2 aromatic rings. The van der Waals surface area contributed by atoms with Crippen molar-refractivity contribution in [1.29, 1.82) is 5.26 Å². The number of nitrogens with one attached hydrogen (secondary N) is 1. The van der Waals surface area contributed by atoms with Crippen LogP contribution in [0.25, 0.3) is 0 Å². The molecule has 0 aromatic heterocycles. The molecule has 0 unspecified atom stereocenters. The second-order valence-corrected chi connectivity index (χ2v) is 8.56. The summed E-state index contributed by atoms with van der Waals surface area (Å²) in [7, 11) is 2.12. The van der Waals surface area contributed by atoms with Crippen LogP contribution in [0.3, 0.4) is 0 Å². The summed E-state index contributed by atoms with van der Waals surface area (Å²) in [4.78, 5) is 17.4. The van der Waals surface area contributed by atoms with Crippen LogP contribution in [0.1, 0.15) is 40.4 Å². The Kier molecular flexibility index (Phi) is 5.49. The van der Waals surface area contributed by atoms with Crippen LogP contribution in [0.5, 0.6) is 0 Å². The number of nitriles is 1. The standard InChI is InChI=1S/C23H25ClN4O/c1-15-9-20(14-28(15)21-6-5-18(12-25)22(24)11-21)26-23(29)17-3-4-19-13-27(2)8-7-16(19)10-17/h3-6,10-11,15,20H,7-9,13-14H2,1-2H3,(H,26,29)/t15-,20+/m0/s1. The van der Waals surface area contributed by atoms with Crippen molar-refractivity contribution in [2.24, 2.45) is 0 Å². The summed E-state index contributed by atoms with van der Waals surface area (Å²) in [5.74, 6) is -0.0105. The van der Waals surface area contributed by atoms with Crippen molar-refractivity contribution < 1.29 is 4.79 Å². The molecule has 2 heterocycles. The Bertz CT molecular complexity index is 983. The van der Waals surface area contributed by atoms with E-state index in [0.29, 0.717) is 10.6 Å². The average Bonchev–Trinajstić information content (AvgIpc) is 3.07. The Morgan fingerprint density at radius 3 is 2.83 bits per heavy atom. The SMILES string of the molecule is C[C@H]1C[C@@H](NC(=O)c2ccc3c(c2)CCN(C)C3)CN1c1ccc(C#N)c(Cl)c1. The molecule has 0 bridgehead atoms. The number of hydrogen-bond donors (Lipinski definition) is 1. The van der Waals surface area contributed by atoms with E-state index in [1.165, 1.54) is 11.1 Å². The highest BCUT2D eigenvalue weighted by atomic mass is 35.5. The second kappa shape index (κ2) is 8.06. The monoisotopic (exact) mass is 408 g/mol. The number of amides is 1. The molecule has 150 valence electrons. The van der Waals surface area contributed by atoms with Gasteiger partial charge in [-0.3, -0.25) is 4.79 Å². The van der Waals surface area contributed by atoms with Gasteiger partial charge in [-0.05, 0) is 68.3 Å². The molecule has 2 aliphatic heterocycles. The number of fused-ring (bicyclic) bond motifs is 1. The lowest BCUT2D eigenvalue weighted by molar-refractivity contribution is 0.0940. The maximum Gasteiger partial charge on any atom is 0.251 e. The highest BCUT2D eigenvalue weighted by molar-refractivity contribution is 6.32. The van der Waals surface area contributed by atoms with Gasteiger partial charge in [0.05, 0.1) is 10.6 Å². The Morgan fingerprint density at radius 2 is 2.07 bits per heavy atom. The van der Waals surface area contributed by atoms with E-state index in [1.54, 1.807) is 6.07 Å². The molecule has 0 radical (unpaired) electrons. The molecule has 2 aliphatic rings. The predicted octanol–water partition coefficient (Wildman–Crippen LogP) is 3.60. The van der Waals surface area contributed by atoms with Crippen LogP contribution >= 0.6 is 11.6 Å². The van der Waals surface area contributed by atoms with Crippen molar-refractivity contribution in [3.05, 3.63) is 63.7 Å². The number of anilines is 1. The van der Waals surface area contributed by atoms with Crippen LogP contribution < -0.4 is 10.2 Å². The van der Waals surface area contributed by atoms with Gasteiger partial charge in [-0.1, -0.05) is 17.7 Å². The van der Waals surface area contributed by atoms with E-state index in [1.807, 2.05) is 24.3 Å². The molecule has 1 saturated heterocycles. The molecule has 2 aromatic carbocycles. The van der Waals surface area contributed by atoms with Crippen molar-refractivity contribution in [2.75, 3.05) is 25.0 Å². The summed E-state index contributed by atoms with van der Waals surface area (Å²) in [6.45, 7) is 4.85. The van der Waals surface area contributed by atoms with E-state index in [-0.39, 0.29) is 18.0 Å². The Hall–Kier alpha value is -2.55. The first-order chi connectivity index (χ1) is 13.9. The molecule has 2 atom stereocenters. The number of likely N-dealkylation sites (N-methyl/N-ethyl adjacent to an activating group) is 1. The molecular formula is C23H25ClN4O. The molecule has 0 saturated carbocycles. The van der Waals surface area contributed by atoms with E-state index in [0.717, 1.165) is 43.7 Å². The number of halogens is 1. The lowest BCUT2D eigenvalue weighted by atomic mass is 9.97. The summed E-state index contributed by atoms with van der Waals surface area (Å²) in [5.41, 5.74) is 4.79. The van der Waals surface area contributed by atoms with Crippen LogP contribution in [0.2, 0.25) is 5.02 Å².